The van der Waals surface area contributed by atoms with Crippen LogP contribution >= 0.6 is 0 Å². The molecule has 0 heterocycles. The fraction of sp³-hybridized carbons (Fsp3) is 1.00. The Kier molecular flexibility index (Phi) is 4.67. The highest BCUT2D eigenvalue weighted by molar-refractivity contribution is 4.67. The van der Waals surface area contributed by atoms with Crippen molar-refractivity contribution in [3.63, 3.8) is 0 Å². The third kappa shape index (κ3) is 4.10. The van der Waals surface area contributed by atoms with Crippen molar-refractivity contribution in [2.24, 2.45) is 11.7 Å². The zero-order chi connectivity index (χ0) is 8.81. The third-order valence-electron chi connectivity index (χ3n) is 3.00. The lowest BCUT2D eigenvalue weighted by atomic mass is 9.99. The van der Waals surface area contributed by atoms with Gasteiger partial charge < -0.3 is 5.73 Å². The largest absolute Gasteiger partial charge is 0.328 e. The molecule has 0 aromatic rings. The topological polar surface area (TPSA) is 26.0 Å². The summed E-state index contributed by atoms with van der Waals surface area (Å²) in [7, 11) is 0. The average molecular weight is 169 g/mol. The van der Waals surface area contributed by atoms with Crippen molar-refractivity contribution in [3.8, 4) is 0 Å². The van der Waals surface area contributed by atoms with Crippen molar-refractivity contribution < 1.29 is 0 Å². The lowest BCUT2D eigenvalue weighted by Gasteiger charge is -2.08. The predicted octanol–water partition coefficient (Wildman–Crippen LogP) is 3.08. The summed E-state index contributed by atoms with van der Waals surface area (Å²) >= 11 is 0. The Morgan fingerprint density at radius 3 is 2.50 bits per heavy atom. The molecule has 1 rings (SSSR count). The first-order valence-electron chi connectivity index (χ1n) is 5.54. The van der Waals surface area contributed by atoms with Crippen LogP contribution in [0.15, 0.2) is 0 Å². The van der Waals surface area contributed by atoms with Crippen molar-refractivity contribution in [2.45, 2.75) is 64.3 Å². The Labute approximate surface area is 76.7 Å². The SMILES string of the molecule is C[C@H](N)CCCCC1CCCC1. The van der Waals surface area contributed by atoms with Crippen molar-refractivity contribution in [1.82, 2.24) is 0 Å². The van der Waals surface area contributed by atoms with E-state index in [0.717, 1.165) is 5.92 Å². The molecule has 1 aliphatic rings. The third-order valence-corrected chi connectivity index (χ3v) is 3.00. The van der Waals surface area contributed by atoms with Crippen LogP contribution in [0.4, 0.5) is 0 Å². The van der Waals surface area contributed by atoms with E-state index in [0.29, 0.717) is 6.04 Å². The van der Waals surface area contributed by atoms with Gasteiger partial charge in [0, 0.05) is 6.04 Å². The summed E-state index contributed by atoms with van der Waals surface area (Å²) in [6, 6.07) is 0.411. The van der Waals surface area contributed by atoms with Gasteiger partial charge in [0.1, 0.15) is 0 Å². The fourth-order valence-electron chi connectivity index (χ4n) is 2.20. The maximum atomic E-state index is 5.69. The van der Waals surface area contributed by atoms with Gasteiger partial charge in [-0.05, 0) is 19.3 Å². The van der Waals surface area contributed by atoms with Crippen LogP contribution < -0.4 is 5.73 Å². The molecule has 1 aliphatic carbocycles. The molecule has 0 aromatic heterocycles. The van der Waals surface area contributed by atoms with Gasteiger partial charge in [0.15, 0.2) is 0 Å². The second kappa shape index (κ2) is 5.58. The van der Waals surface area contributed by atoms with E-state index in [1.54, 1.807) is 0 Å². The molecule has 12 heavy (non-hydrogen) atoms. The predicted molar refractivity (Wildman–Crippen MR) is 54.1 cm³/mol. The van der Waals surface area contributed by atoms with Crippen LogP contribution in [-0.4, -0.2) is 6.04 Å². The van der Waals surface area contributed by atoms with Crippen molar-refractivity contribution in [2.75, 3.05) is 0 Å². The molecule has 2 N–H and O–H groups in total. The molecule has 0 amide bonds. The van der Waals surface area contributed by atoms with Crippen LogP contribution in [0.3, 0.4) is 0 Å². The first-order valence-corrected chi connectivity index (χ1v) is 5.54. The Hall–Kier alpha value is -0.0400. The van der Waals surface area contributed by atoms with Gasteiger partial charge in [0.25, 0.3) is 0 Å². The monoisotopic (exact) mass is 169 g/mol. The first kappa shape index (κ1) is 10.0. The van der Waals surface area contributed by atoms with E-state index in [1.165, 1.54) is 51.4 Å². The molecular formula is C11H23N. The summed E-state index contributed by atoms with van der Waals surface area (Å²) in [6.45, 7) is 2.11. The molecule has 0 bridgehead atoms. The second-order valence-electron chi connectivity index (χ2n) is 4.41. The molecule has 1 atom stereocenters. The van der Waals surface area contributed by atoms with Gasteiger partial charge in [-0.25, -0.2) is 0 Å². The van der Waals surface area contributed by atoms with Gasteiger partial charge in [-0.3, -0.25) is 0 Å². The molecule has 0 radical (unpaired) electrons. The van der Waals surface area contributed by atoms with Crippen LogP contribution in [0.25, 0.3) is 0 Å². The van der Waals surface area contributed by atoms with Crippen LogP contribution in [-0.2, 0) is 0 Å². The van der Waals surface area contributed by atoms with E-state index in [2.05, 4.69) is 6.92 Å². The normalized spacial score (nSPS) is 21.5. The van der Waals surface area contributed by atoms with Gasteiger partial charge in [-0.15, -0.1) is 0 Å². The van der Waals surface area contributed by atoms with Crippen LogP contribution in [0.5, 0.6) is 0 Å². The fourth-order valence-corrected chi connectivity index (χ4v) is 2.20. The van der Waals surface area contributed by atoms with Gasteiger partial charge >= 0.3 is 0 Å². The number of rotatable bonds is 5. The molecule has 1 saturated carbocycles. The summed E-state index contributed by atoms with van der Waals surface area (Å²) in [5.41, 5.74) is 5.69. The average Bonchev–Trinajstić information content (AvgIpc) is 2.49. The Balaban J connectivity index is 1.88. The summed E-state index contributed by atoms with van der Waals surface area (Å²) in [6.07, 6.45) is 11.4. The number of nitrogens with two attached hydrogens (primary N) is 1. The van der Waals surface area contributed by atoms with E-state index in [-0.39, 0.29) is 0 Å². The van der Waals surface area contributed by atoms with Crippen LogP contribution in [0.1, 0.15) is 58.3 Å². The molecule has 0 saturated heterocycles. The van der Waals surface area contributed by atoms with E-state index in [4.69, 9.17) is 5.73 Å². The quantitative estimate of drug-likeness (QED) is 0.629. The van der Waals surface area contributed by atoms with Gasteiger partial charge in [-0.1, -0.05) is 44.9 Å². The minimum atomic E-state index is 0.411. The molecule has 0 aromatic carbocycles. The molecule has 1 fully saturated rings. The number of hydrogen-bond acceptors (Lipinski definition) is 1. The molecular weight excluding hydrogens is 146 g/mol. The summed E-state index contributed by atoms with van der Waals surface area (Å²) < 4.78 is 0. The zero-order valence-electron chi connectivity index (χ0n) is 8.39. The Morgan fingerprint density at radius 2 is 1.92 bits per heavy atom. The van der Waals surface area contributed by atoms with E-state index in [9.17, 15) is 0 Å². The molecule has 0 spiro atoms. The van der Waals surface area contributed by atoms with Crippen LogP contribution in [0, 0.1) is 5.92 Å². The Bertz CT molecular complexity index is 104. The van der Waals surface area contributed by atoms with E-state index >= 15 is 0 Å². The maximum Gasteiger partial charge on any atom is 0.00104 e. The second-order valence-corrected chi connectivity index (χ2v) is 4.41. The molecule has 0 aliphatic heterocycles. The highest BCUT2D eigenvalue weighted by atomic mass is 14.6. The van der Waals surface area contributed by atoms with Crippen molar-refractivity contribution in [1.29, 1.82) is 0 Å². The lowest BCUT2D eigenvalue weighted by molar-refractivity contribution is 0.459. The van der Waals surface area contributed by atoms with Gasteiger partial charge in [0.2, 0.25) is 0 Å². The van der Waals surface area contributed by atoms with E-state index in [1.807, 2.05) is 0 Å². The van der Waals surface area contributed by atoms with Crippen molar-refractivity contribution in [3.05, 3.63) is 0 Å². The first-order chi connectivity index (χ1) is 5.79. The number of hydrogen-bond donors (Lipinski definition) is 1. The summed E-state index contributed by atoms with van der Waals surface area (Å²) in [5, 5.41) is 0. The smallest absolute Gasteiger partial charge is 0.00104 e. The maximum absolute atomic E-state index is 5.69. The molecule has 72 valence electrons. The standard InChI is InChI=1S/C11H23N/c1-10(12)6-2-3-7-11-8-4-5-9-11/h10-11H,2-9,12H2,1H3/t10-/m0/s1. The van der Waals surface area contributed by atoms with E-state index < -0.39 is 0 Å². The van der Waals surface area contributed by atoms with Crippen LogP contribution in [0.2, 0.25) is 0 Å². The highest BCUT2D eigenvalue weighted by Crippen LogP contribution is 2.29. The molecule has 1 nitrogen and oxygen atoms in total. The molecule has 0 unspecified atom stereocenters. The minimum absolute atomic E-state index is 0.411. The highest BCUT2D eigenvalue weighted by Gasteiger charge is 2.13. The van der Waals surface area contributed by atoms with Crippen molar-refractivity contribution >= 4 is 0 Å². The summed E-state index contributed by atoms with van der Waals surface area (Å²) in [4.78, 5) is 0. The van der Waals surface area contributed by atoms with Gasteiger partial charge in [-0.2, -0.15) is 0 Å². The molecule has 1 heteroatoms. The Morgan fingerprint density at radius 1 is 1.25 bits per heavy atom. The zero-order valence-corrected chi connectivity index (χ0v) is 8.39. The summed E-state index contributed by atoms with van der Waals surface area (Å²) in [5.74, 6) is 1.07. The minimum Gasteiger partial charge on any atom is -0.328 e. The lowest BCUT2D eigenvalue weighted by Crippen LogP contribution is -2.14. The van der Waals surface area contributed by atoms with Gasteiger partial charge in [0.05, 0.1) is 0 Å². The number of unbranched alkanes of at least 4 members (excludes halogenated alkanes) is 1.